The van der Waals surface area contributed by atoms with Gasteiger partial charge >= 0.3 is 11.9 Å². The summed E-state index contributed by atoms with van der Waals surface area (Å²) >= 11 is 0. The van der Waals surface area contributed by atoms with Gasteiger partial charge in [-0.3, -0.25) is 9.59 Å². The lowest BCUT2D eigenvalue weighted by molar-refractivity contribution is -0.138. The molecule has 0 aliphatic heterocycles. The molecule has 106 valence electrons. The summed E-state index contributed by atoms with van der Waals surface area (Å²) in [5.74, 6) is -6.10. The Kier molecular flexibility index (Phi) is 5.21. The van der Waals surface area contributed by atoms with Crippen molar-refractivity contribution in [1.29, 1.82) is 0 Å². The van der Waals surface area contributed by atoms with Gasteiger partial charge in [0.1, 0.15) is 12.1 Å². The van der Waals surface area contributed by atoms with E-state index in [0.29, 0.717) is 0 Å². The Labute approximate surface area is 102 Å². The summed E-state index contributed by atoms with van der Waals surface area (Å²) in [6.07, 6.45) is 0. The molecule has 12 heteroatoms. The molecule has 0 saturated heterocycles. The average Bonchev–Trinajstić information content (AvgIpc) is 2.15. The van der Waals surface area contributed by atoms with Crippen molar-refractivity contribution in [3.63, 3.8) is 0 Å². The fourth-order valence-corrected chi connectivity index (χ4v) is 4.49. The van der Waals surface area contributed by atoms with Gasteiger partial charge in [0.05, 0.1) is 11.5 Å². The van der Waals surface area contributed by atoms with Crippen molar-refractivity contribution in [2.24, 2.45) is 11.5 Å². The zero-order valence-electron chi connectivity index (χ0n) is 8.88. The summed E-state index contributed by atoms with van der Waals surface area (Å²) in [5, 5.41) is 16.8. The first-order chi connectivity index (χ1) is 7.90. The molecule has 0 aromatic heterocycles. The summed E-state index contributed by atoms with van der Waals surface area (Å²) in [6.45, 7) is 0. The highest BCUT2D eigenvalue weighted by Crippen LogP contribution is 2.07. The normalized spacial score (nSPS) is 15.9. The minimum Gasteiger partial charge on any atom is -0.480 e. The Hall–Kier alpha value is -1.24. The molecule has 18 heavy (non-hydrogen) atoms. The third-order valence-corrected chi connectivity index (χ3v) is 7.24. The molecule has 0 amide bonds. The van der Waals surface area contributed by atoms with Crippen molar-refractivity contribution >= 4 is 29.7 Å². The summed E-state index contributed by atoms with van der Waals surface area (Å²) in [5.41, 5.74) is 9.80. The molecule has 0 aromatic rings. The van der Waals surface area contributed by atoms with E-state index < -0.39 is 53.3 Å². The lowest BCUT2D eigenvalue weighted by Crippen LogP contribution is -2.43. The second-order valence-electron chi connectivity index (χ2n) is 3.34. The first kappa shape index (κ1) is 16.8. The summed E-state index contributed by atoms with van der Waals surface area (Å²) in [7, 11) is -9.82. The molecule has 0 bridgehead atoms. The molecule has 2 unspecified atom stereocenters. The van der Waals surface area contributed by atoms with Gasteiger partial charge in [0.15, 0.2) is 0 Å². The smallest absolute Gasteiger partial charge is 0.321 e. The van der Waals surface area contributed by atoms with Crippen molar-refractivity contribution in [3.8, 4) is 0 Å². The van der Waals surface area contributed by atoms with Gasteiger partial charge in [-0.1, -0.05) is 0 Å². The minimum atomic E-state index is -4.91. The average molecular weight is 304 g/mol. The van der Waals surface area contributed by atoms with Crippen LogP contribution in [-0.2, 0) is 27.3 Å². The standard InChI is InChI=1S/C6H12N2O8S2/c7-3(5(9)10)1-17(13,14)18(15,16)2-4(8)6(11)12/h3-4H,1-2,7-8H2,(H,9,10)(H,11,12). The van der Waals surface area contributed by atoms with Crippen LogP contribution in [0.4, 0.5) is 0 Å². The van der Waals surface area contributed by atoms with Crippen LogP contribution in [0.25, 0.3) is 0 Å². The van der Waals surface area contributed by atoms with Gasteiger partial charge in [0.2, 0.25) is 0 Å². The number of aliphatic carboxylic acids is 2. The van der Waals surface area contributed by atoms with Crippen LogP contribution in [0, 0.1) is 0 Å². The predicted molar refractivity (Wildman–Crippen MR) is 58.8 cm³/mol. The minimum absolute atomic E-state index is 1.35. The van der Waals surface area contributed by atoms with E-state index in [1.54, 1.807) is 0 Å². The third kappa shape index (κ3) is 4.21. The molecule has 2 atom stereocenters. The number of rotatable bonds is 7. The first-order valence-electron chi connectivity index (χ1n) is 4.33. The Bertz CT molecular complexity index is 486. The van der Waals surface area contributed by atoms with Gasteiger partial charge in [-0.05, 0) is 0 Å². The zero-order chi connectivity index (χ0) is 14.7. The van der Waals surface area contributed by atoms with Crippen LogP contribution >= 0.6 is 0 Å². The molecule has 0 rings (SSSR count). The third-order valence-electron chi connectivity index (χ3n) is 1.79. The number of hydrogen-bond acceptors (Lipinski definition) is 8. The predicted octanol–water partition coefficient (Wildman–Crippen LogP) is -3.45. The molecular weight excluding hydrogens is 292 g/mol. The second-order valence-corrected chi connectivity index (χ2v) is 9.28. The molecule has 6 N–H and O–H groups in total. The number of carbonyl (C=O) groups is 2. The molecule has 0 aliphatic rings. The van der Waals surface area contributed by atoms with Crippen molar-refractivity contribution in [1.82, 2.24) is 0 Å². The number of nitrogens with two attached hydrogens (primary N) is 2. The highest BCUT2D eigenvalue weighted by Gasteiger charge is 2.36. The molecule has 0 fully saturated rings. The van der Waals surface area contributed by atoms with Crippen LogP contribution in [0.5, 0.6) is 0 Å². The van der Waals surface area contributed by atoms with Gasteiger partial charge < -0.3 is 21.7 Å². The maximum Gasteiger partial charge on any atom is 0.321 e. The maximum atomic E-state index is 11.3. The molecule has 0 aromatic carbocycles. The van der Waals surface area contributed by atoms with E-state index in [9.17, 15) is 26.4 Å². The Morgan fingerprint density at radius 3 is 1.22 bits per heavy atom. The summed E-state index contributed by atoms with van der Waals surface area (Å²) < 4.78 is 45.4. The Morgan fingerprint density at radius 1 is 0.833 bits per heavy atom. The lowest BCUT2D eigenvalue weighted by Gasteiger charge is -2.10. The molecule has 0 aliphatic carbocycles. The Morgan fingerprint density at radius 2 is 1.06 bits per heavy atom. The SMILES string of the molecule is NC(CS(=O)(=O)S(=O)(=O)CC(N)C(=O)O)C(=O)O. The van der Waals surface area contributed by atoms with E-state index in [1.165, 1.54) is 0 Å². The lowest BCUT2D eigenvalue weighted by atomic mass is 10.4. The van der Waals surface area contributed by atoms with E-state index in [4.69, 9.17) is 21.7 Å². The zero-order valence-corrected chi connectivity index (χ0v) is 10.5. The van der Waals surface area contributed by atoms with Crippen molar-refractivity contribution in [3.05, 3.63) is 0 Å². The van der Waals surface area contributed by atoms with Crippen LogP contribution < -0.4 is 11.5 Å². The molecule has 0 heterocycles. The van der Waals surface area contributed by atoms with E-state index in [-0.39, 0.29) is 0 Å². The number of carboxylic acid groups (broad SMARTS) is 2. The van der Waals surface area contributed by atoms with Gasteiger partial charge in [-0.25, -0.2) is 16.8 Å². The number of carboxylic acids is 2. The van der Waals surface area contributed by atoms with Crippen molar-refractivity contribution < 1.29 is 36.6 Å². The molecule has 0 spiro atoms. The number of hydrogen-bond donors (Lipinski definition) is 4. The molecule has 0 saturated carbocycles. The highest BCUT2D eigenvalue weighted by atomic mass is 33.2. The fourth-order valence-electron chi connectivity index (χ4n) is 0.790. The van der Waals surface area contributed by atoms with E-state index in [0.717, 1.165) is 0 Å². The molecule has 0 radical (unpaired) electrons. The quantitative estimate of drug-likeness (QED) is 0.343. The van der Waals surface area contributed by atoms with Crippen LogP contribution in [0.15, 0.2) is 0 Å². The van der Waals surface area contributed by atoms with E-state index >= 15 is 0 Å². The van der Waals surface area contributed by atoms with Crippen LogP contribution in [0.2, 0.25) is 0 Å². The van der Waals surface area contributed by atoms with Gasteiger partial charge in [0.25, 0.3) is 17.7 Å². The monoisotopic (exact) mass is 304 g/mol. The van der Waals surface area contributed by atoms with E-state index in [1.807, 2.05) is 0 Å². The van der Waals surface area contributed by atoms with Gasteiger partial charge in [0, 0.05) is 0 Å². The topological polar surface area (TPSA) is 195 Å². The highest BCUT2D eigenvalue weighted by molar-refractivity contribution is 8.67. The van der Waals surface area contributed by atoms with Crippen LogP contribution in [0.1, 0.15) is 0 Å². The van der Waals surface area contributed by atoms with E-state index in [2.05, 4.69) is 0 Å². The molecular formula is C6H12N2O8S2. The maximum absolute atomic E-state index is 11.3. The van der Waals surface area contributed by atoms with Crippen LogP contribution in [-0.4, -0.2) is 62.6 Å². The second kappa shape index (κ2) is 5.60. The van der Waals surface area contributed by atoms with Gasteiger partial charge in [-0.15, -0.1) is 0 Å². The Balaban J connectivity index is 5.12. The first-order valence-corrected chi connectivity index (χ1v) is 8.15. The fraction of sp³-hybridized carbons (Fsp3) is 0.667. The summed E-state index contributed by atoms with van der Waals surface area (Å²) in [4.78, 5) is 20.7. The van der Waals surface area contributed by atoms with Crippen molar-refractivity contribution in [2.45, 2.75) is 12.1 Å². The van der Waals surface area contributed by atoms with Crippen molar-refractivity contribution in [2.75, 3.05) is 11.5 Å². The molecule has 10 nitrogen and oxygen atoms in total. The largest absolute Gasteiger partial charge is 0.480 e. The van der Waals surface area contributed by atoms with Crippen LogP contribution in [0.3, 0.4) is 0 Å². The van der Waals surface area contributed by atoms with Gasteiger partial charge in [-0.2, -0.15) is 0 Å². The summed E-state index contributed by atoms with van der Waals surface area (Å²) in [6, 6.07) is -3.85.